The molecular weight excluding hydrogens is 481 g/mol. The first kappa shape index (κ1) is 19.0. The number of hydroxylamine groups is 2. The van der Waals surface area contributed by atoms with E-state index in [0.717, 1.165) is 5.06 Å². The summed E-state index contributed by atoms with van der Waals surface area (Å²) in [5.74, 6) is -1.04. The highest BCUT2D eigenvalue weighted by Crippen LogP contribution is 2.33. The third kappa shape index (κ3) is 3.10. The molecule has 9 nitrogen and oxygen atoms in total. The lowest BCUT2D eigenvalue weighted by molar-refractivity contribution is -0.144. The van der Waals surface area contributed by atoms with E-state index in [2.05, 4.69) is 27.6 Å². The van der Waals surface area contributed by atoms with Gasteiger partial charge in [0.25, 0.3) is 17.4 Å². The molecule has 0 bridgehead atoms. The minimum absolute atomic E-state index is 0.243. The summed E-state index contributed by atoms with van der Waals surface area (Å²) in [6.45, 7) is 1.59. The van der Waals surface area contributed by atoms with E-state index in [0.29, 0.717) is 21.1 Å². The highest BCUT2D eigenvalue weighted by Gasteiger charge is 2.43. The molecule has 28 heavy (non-hydrogen) atoms. The lowest BCUT2D eigenvalue weighted by atomic mass is 10.1. The summed E-state index contributed by atoms with van der Waals surface area (Å²) in [4.78, 5) is 56.8. The average molecular weight is 497 g/mol. The molecule has 1 N–H and O–H groups in total. The number of nitrogens with one attached hydrogen (secondary N) is 1. The fraction of sp³-hybridized carbons (Fsp3) is 0.333. The molecule has 1 aromatic heterocycles. The van der Waals surface area contributed by atoms with Gasteiger partial charge in [-0.15, -0.1) is 5.06 Å². The first-order chi connectivity index (χ1) is 13.4. The van der Waals surface area contributed by atoms with Crippen LogP contribution in [0.15, 0.2) is 40.1 Å². The van der Waals surface area contributed by atoms with Crippen molar-refractivity contribution < 1.29 is 19.2 Å². The number of benzene rings is 1. The number of carbonyl (C=O) groups excluding carboxylic acids is 2. The quantitative estimate of drug-likeness (QED) is 0.386. The van der Waals surface area contributed by atoms with E-state index in [1.807, 2.05) is 0 Å². The summed E-state index contributed by atoms with van der Waals surface area (Å²) < 4.78 is 7.72. The molecule has 3 heterocycles. The molecule has 3 atom stereocenters. The molecule has 1 aromatic carbocycles. The first-order valence-electron chi connectivity index (χ1n) is 8.58. The Bertz CT molecular complexity index is 1040. The molecule has 2 aliphatic rings. The largest absolute Gasteiger partial charge is 0.351 e. The van der Waals surface area contributed by atoms with Gasteiger partial charge in [0.15, 0.2) is 0 Å². The highest BCUT2D eigenvalue weighted by molar-refractivity contribution is 14.1. The Morgan fingerprint density at radius 3 is 2.43 bits per heavy atom. The molecule has 146 valence electrons. The zero-order chi connectivity index (χ0) is 20.0. The maximum atomic E-state index is 12.5. The number of amides is 2. The van der Waals surface area contributed by atoms with Crippen molar-refractivity contribution in [1.29, 1.82) is 0 Å². The van der Waals surface area contributed by atoms with Gasteiger partial charge in [0.1, 0.15) is 12.3 Å². The number of imide groups is 1. The monoisotopic (exact) mass is 497 g/mol. The van der Waals surface area contributed by atoms with Gasteiger partial charge in [0, 0.05) is 22.6 Å². The van der Waals surface area contributed by atoms with Crippen LogP contribution in [0.25, 0.3) is 0 Å². The smallest absolute Gasteiger partial charge is 0.330 e. The lowest BCUT2D eigenvalue weighted by Crippen LogP contribution is -2.38. The topological polar surface area (TPSA) is 111 Å². The summed E-state index contributed by atoms with van der Waals surface area (Å²) in [5.41, 5.74) is -0.0837. The molecule has 0 saturated carbocycles. The number of ether oxygens (including phenoxy) is 1. The van der Waals surface area contributed by atoms with Gasteiger partial charge in [-0.2, -0.15) is 0 Å². The number of H-pyrrole nitrogens is 1. The molecule has 0 spiro atoms. The van der Waals surface area contributed by atoms with Crippen LogP contribution in [0.1, 0.15) is 38.9 Å². The number of hydrogen-bond donors (Lipinski definition) is 1. The van der Waals surface area contributed by atoms with Crippen LogP contribution in [-0.2, 0) is 9.57 Å². The van der Waals surface area contributed by atoms with Gasteiger partial charge in [0.2, 0.25) is 0 Å². The van der Waals surface area contributed by atoms with Crippen LogP contribution in [0.2, 0.25) is 0 Å². The number of halogens is 1. The van der Waals surface area contributed by atoms with Gasteiger partial charge in [-0.3, -0.25) is 28.8 Å². The van der Waals surface area contributed by atoms with Crippen molar-refractivity contribution >= 4 is 34.4 Å². The average Bonchev–Trinajstić information content (AvgIpc) is 3.20. The van der Waals surface area contributed by atoms with Crippen LogP contribution >= 0.6 is 22.6 Å². The second-order valence-electron chi connectivity index (χ2n) is 6.59. The van der Waals surface area contributed by atoms with Crippen molar-refractivity contribution in [1.82, 2.24) is 14.6 Å². The van der Waals surface area contributed by atoms with Crippen molar-refractivity contribution in [2.45, 2.75) is 31.8 Å². The van der Waals surface area contributed by atoms with Gasteiger partial charge < -0.3 is 4.74 Å². The van der Waals surface area contributed by atoms with E-state index in [1.165, 1.54) is 10.8 Å². The van der Waals surface area contributed by atoms with Crippen molar-refractivity contribution in [2.75, 3.05) is 4.43 Å². The molecule has 0 radical (unpaired) electrons. The van der Waals surface area contributed by atoms with Gasteiger partial charge in [-0.25, -0.2) is 4.79 Å². The molecule has 2 aromatic rings. The van der Waals surface area contributed by atoms with Gasteiger partial charge in [-0.1, -0.05) is 34.7 Å². The fourth-order valence-corrected chi connectivity index (χ4v) is 4.09. The second-order valence-corrected chi connectivity index (χ2v) is 7.47. The Hall–Kier alpha value is -2.31. The number of alkyl halides is 1. The van der Waals surface area contributed by atoms with Gasteiger partial charge in [-0.05, 0) is 19.1 Å². The summed E-state index contributed by atoms with van der Waals surface area (Å²) in [6.07, 6.45) is -0.0484. The molecular formula is C18H16IN3O6. The summed E-state index contributed by atoms with van der Waals surface area (Å²) in [7, 11) is 0. The predicted molar refractivity (Wildman–Crippen MR) is 105 cm³/mol. The number of carbonyl (C=O) groups is 2. The second kappa shape index (κ2) is 7.26. The molecule has 2 amide bonds. The zero-order valence-electron chi connectivity index (χ0n) is 14.8. The van der Waals surface area contributed by atoms with E-state index in [1.54, 1.807) is 31.2 Å². The van der Waals surface area contributed by atoms with Crippen molar-refractivity contribution in [2.24, 2.45) is 0 Å². The molecule has 1 fully saturated rings. The molecule has 4 rings (SSSR count). The Morgan fingerprint density at radius 1 is 1.18 bits per heavy atom. The number of aromatic amines is 1. The van der Waals surface area contributed by atoms with E-state index in [4.69, 9.17) is 9.57 Å². The fourth-order valence-electron chi connectivity index (χ4n) is 3.32. The third-order valence-corrected chi connectivity index (χ3v) is 5.65. The van der Waals surface area contributed by atoms with Gasteiger partial charge >= 0.3 is 5.69 Å². The first-order valence-corrected chi connectivity index (χ1v) is 10.1. The minimum Gasteiger partial charge on any atom is -0.351 e. The summed E-state index contributed by atoms with van der Waals surface area (Å²) in [6, 6.07) is 6.51. The van der Waals surface area contributed by atoms with Crippen molar-refractivity contribution in [3.63, 3.8) is 0 Å². The number of rotatable bonds is 4. The Labute approximate surface area is 172 Å². The zero-order valence-corrected chi connectivity index (χ0v) is 16.9. The number of aryl methyl sites for hydroxylation is 1. The van der Waals surface area contributed by atoms with Crippen LogP contribution in [0.4, 0.5) is 0 Å². The van der Waals surface area contributed by atoms with Crippen LogP contribution in [0.5, 0.6) is 0 Å². The van der Waals surface area contributed by atoms with Crippen molar-refractivity contribution in [3.05, 3.63) is 68.0 Å². The molecule has 10 heteroatoms. The van der Waals surface area contributed by atoms with E-state index >= 15 is 0 Å². The van der Waals surface area contributed by atoms with E-state index in [-0.39, 0.29) is 6.42 Å². The van der Waals surface area contributed by atoms with Crippen LogP contribution < -0.4 is 11.2 Å². The maximum absolute atomic E-state index is 12.5. The predicted octanol–water partition coefficient (Wildman–Crippen LogP) is 1.16. The summed E-state index contributed by atoms with van der Waals surface area (Å²) in [5, 5.41) is 0.765. The third-order valence-electron chi connectivity index (χ3n) is 4.79. The molecule has 2 aliphatic heterocycles. The molecule has 1 saturated heterocycles. The molecule has 1 unspecified atom stereocenters. The number of hydrogen-bond acceptors (Lipinski definition) is 6. The minimum atomic E-state index is -0.678. The van der Waals surface area contributed by atoms with Crippen LogP contribution in [0.3, 0.4) is 0 Å². The SMILES string of the molecule is Cc1cn([C@H]2CC(ON3C(=O)c4ccccc4C3=O)[C@@H](CI)O2)c(=O)[nH]c1=O. The Balaban J connectivity index is 1.57. The standard InChI is InChI=1S/C18H16IN3O6/c1-9-8-21(18(26)20-15(9)23)14-6-12(13(7-19)27-14)28-22-16(24)10-4-2-3-5-11(10)17(22)25/h2-5,8,12-14H,6-7H2,1H3,(H,20,23,26)/t12?,13-,14-/m1/s1. The number of nitrogens with zero attached hydrogens (tertiary/aromatic N) is 2. The number of fused-ring (bicyclic) bond motifs is 1. The Kier molecular flexibility index (Phi) is 4.93. The number of aromatic nitrogens is 2. The normalized spacial score (nSPS) is 24.1. The highest BCUT2D eigenvalue weighted by atomic mass is 127. The van der Waals surface area contributed by atoms with Crippen molar-refractivity contribution in [3.8, 4) is 0 Å². The van der Waals surface area contributed by atoms with Crippen LogP contribution in [0, 0.1) is 6.92 Å². The van der Waals surface area contributed by atoms with Gasteiger partial charge in [0.05, 0.1) is 17.2 Å². The maximum Gasteiger partial charge on any atom is 0.330 e. The Morgan fingerprint density at radius 2 is 1.82 bits per heavy atom. The molecule has 0 aliphatic carbocycles. The van der Waals surface area contributed by atoms with E-state index in [9.17, 15) is 19.2 Å². The summed E-state index contributed by atoms with van der Waals surface area (Å²) >= 11 is 2.11. The lowest BCUT2D eigenvalue weighted by Gasteiger charge is -2.21. The van der Waals surface area contributed by atoms with Crippen LogP contribution in [-0.4, -0.2) is 43.1 Å². The van der Waals surface area contributed by atoms with E-state index < -0.39 is 41.5 Å².